The number of nitrogens with one attached hydrogen (secondary N) is 1. The van der Waals surface area contributed by atoms with Gasteiger partial charge < -0.3 is 10.2 Å². The van der Waals surface area contributed by atoms with Crippen LogP contribution in [0.5, 0.6) is 0 Å². The average molecular weight is 238 g/mol. The van der Waals surface area contributed by atoms with Crippen LogP contribution in [0.4, 0.5) is 18.2 Å². The first kappa shape index (κ1) is 10.6. The molecule has 1 aromatic heterocycles. The number of halogens is 3. The van der Waals surface area contributed by atoms with Gasteiger partial charge in [-0.2, -0.15) is 13.2 Å². The fraction of sp³-hybridized carbons (Fsp3) is 0.714. The molecule has 0 radical (unpaired) electrons. The van der Waals surface area contributed by atoms with Gasteiger partial charge in [0.25, 0.3) is 0 Å². The number of piperazine rings is 1. The van der Waals surface area contributed by atoms with Crippen LogP contribution in [0.3, 0.4) is 0 Å². The van der Waals surface area contributed by atoms with E-state index in [1.54, 1.807) is 4.90 Å². The summed E-state index contributed by atoms with van der Waals surface area (Å²) in [5.74, 6) is 0. The first-order valence-corrected chi connectivity index (χ1v) is 5.21. The van der Waals surface area contributed by atoms with E-state index in [2.05, 4.69) is 14.9 Å². The molecule has 0 bridgehead atoms. The molecule has 4 nitrogen and oxygen atoms in total. The van der Waals surface area contributed by atoms with Gasteiger partial charge in [0.1, 0.15) is 5.00 Å². The third-order valence-electron chi connectivity index (χ3n) is 2.14. The van der Waals surface area contributed by atoms with Crippen LogP contribution in [0.25, 0.3) is 0 Å². The van der Waals surface area contributed by atoms with Crippen molar-refractivity contribution in [3.63, 3.8) is 0 Å². The smallest absolute Gasteiger partial charge is 0.358 e. The van der Waals surface area contributed by atoms with Crippen LogP contribution in [-0.2, 0) is 6.18 Å². The normalized spacial score (nSPS) is 18.2. The van der Waals surface area contributed by atoms with Crippen LogP contribution in [-0.4, -0.2) is 35.8 Å². The van der Waals surface area contributed by atoms with Crippen molar-refractivity contribution in [2.75, 3.05) is 31.1 Å². The van der Waals surface area contributed by atoms with Crippen molar-refractivity contribution in [2.45, 2.75) is 6.18 Å². The highest BCUT2D eigenvalue weighted by atomic mass is 32.1. The van der Waals surface area contributed by atoms with Gasteiger partial charge in [-0.1, -0.05) is 4.49 Å². The van der Waals surface area contributed by atoms with Crippen molar-refractivity contribution in [2.24, 2.45) is 0 Å². The van der Waals surface area contributed by atoms with Crippen LogP contribution in [0.15, 0.2) is 0 Å². The molecule has 0 unspecified atom stereocenters. The van der Waals surface area contributed by atoms with Crippen molar-refractivity contribution >= 4 is 16.5 Å². The zero-order valence-electron chi connectivity index (χ0n) is 7.71. The summed E-state index contributed by atoms with van der Waals surface area (Å²) in [6.07, 6.45) is -4.41. The van der Waals surface area contributed by atoms with Crippen LogP contribution in [0.2, 0.25) is 0 Å². The van der Waals surface area contributed by atoms with Gasteiger partial charge in [-0.05, 0) is 0 Å². The second-order valence-corrected chi connectivity index (χ2v) is 3.89. The highest BCUT2D eigenvalue weighted by Gasteiger charge is 2.39. The summed E-state index contributed by atoms with van der Waals surface area (Å²) < 4.78 is 40.9. The Kier molecular flexibility index (Phi) is 2.79. The van der Waals surface area contributed by atoms with Crippen LogP contribution >= 0.6 is 11.5 Å². The molecule has 0 aliphatic carbocycles. The highest BCUT2D eigenvalue weighted by molar-refractivity contribution is 7.10. The number of nitrogens with zero attached hydrogens (tertiary/aromatic N) is 3. The quantitative estimate of drug-likeness (QED) is 0.791. The molecular formula is C7H9F3N4S. The Labute approximate surface area is 88.2 Å². The molecule has 84 valence electrons. The number of aromatic nitrogens is 2. The van der Waals surface area contributed by atoms with E-state index >= 15 is 0 Å². The lowest BCUT2D eigenvalue weighted by molar-refractivity contribution is -0.140. The molecule has 0 aromatic carbocycles. The molecule has 1 N–H and O–H groups in total. The van der Waals surface area contributed by atoms with E-state index in [0.29, 0.717) is 26.2 Å². The lowest BCUT2D eigenvalue weighted by Crippen LogP contribution is -2.43. The topological polar surface area (TPSA) is 41.1 Å². The molecule has 2 heterocycles. The van der Waals surface area contributed by atoms with Gasteiger partial charge in [0.05, 0.1) is 0 Å². The van der Waals surface area contributed by atoms with E-state index in [1.165, 1.54) is 0 Å². The van der Waals surface area contributed by atoms with E-state index in [-0.39, 0.29) is 5.00 Å². The number of anilines is 1. The summed E-state index contributed by atoms with van der Waals surface area (Å²) in [6, 6.07) is 0. The summed E-state index contributed by atoms with van der Waals surface area (Å²) in [6.45, 7) is 2.50. The van der Waals surface area contributed by atoms with Gasteiger partial charge in [-0.25, -0.2) is 0 Å². The zero-order chi connectivity index (χ0) is 10.9. The molecule has 1 aliphatic heterocycles. The van der Waals surface area contributed by atoms with E-state index in [1.807, 2.05) is 0 Å². The van der Waals surface area contributed by atoms with Crippen molar-refractivity contribution in [3.05, 3.63) is 5.69 Å². The molecule has 0 spiro atoms. The molecule has 1 aliphatic rings. The van der Waals surface area contributed by atoms with E-state index in [9.17, 15) is 13.2 Å². The van der Waals surface area contributed by atoms with Gasteiger partial charge in [-0.3, -0.25) is 0 Å². The molecule has 15 heavy (non-hydrogen) atoms. The molecule has 0 saturated carbocycles. The second-order valence-electron chi connectivity index (χ2n) is 3.16. The summed E-state index contributed by atoms with van der Waals surface area (Å²) in [5.41, 5.74) is -0.866. The summed E-state index contributed by atoms with van der Waals surface area (Å²) >= 11 is 0.800. The highest BCUT2D eigenvalue weighted by Crippen LogP contribution is 2.36. The van der Waals surface area contributed by atoms with Crippen LogP contribution in [0.1, 0.15) is 5.69 Å². The molecule has 1 saturated heterocycles. The molecular weight excluding hydrogens is 229 g/mol. The Morgan fingerprint density at radius 1 is 1.27 bits per heavy atom. The molecule has 1 fully saturated rings. The molecule has 8 heteroatoms. The summed E-state index contributed by atoms with van der Waals surface area (Å²) in [7, 11) is 0. The molecule has 2 rings (SSSR count). The molecule has 1 aromatic rings. The van der Waals surface area contributed by atoms with Gasteiger partial charge in [0.2, 0.25) is 5.69 Å². The van der Waals surface area contributed by atoms with Crippen molar-refractivity contribution < 1.29 is 13.2 Å². The first-order chi connectivity index (χ1) is 7.09. The maximum absolute atomic E-state index is 12.5. The maximum Gasteiger partial charge on any atom is 0.438 e. The number of rotatable bonds is 1. The minimum atomic E-state index is -4.41. The lowest BCUT2D eigenvalue weighted by atomic mass is 10.3. The standard InChI is InChI=1S/C7H9F3N4S/c8-7(9,10)5-6(15-13-12-5)14-3-1-11-2-4-14/h11H,1-4H2. The minimum absolute atomic E-state index is 0.129. The van der Waals surface area contributed by atoms with Gasteiger partial charge in [-0.15, -0.1) is 5.10 Å². The minimum Gasteiger partial charge on any atom is -0.358 e. The van der Waals surface area contributed by atoms with Crippen molar-refractivity contribution in [1.82, 2.24) is 14.9 Å². The predicted molar refractivity (Wildman–Crippen MR) is 50.0 cm³/mol. The molecule has 0 atom stereocenters. The van der Waals surface area contributed by atoms with E-state index in [0.717, 1.165) is 11.5 Å². The Bertz CT molecular complexity index is 331. The Morgan fingerprint density at radius 2 is 1.93 bits per heavy atom. The van der Waals surface area contributed by atoms with Gasteiger partial charge >= 0.3 is 6.18 Å². The second kappa shape index (κ2) is 3.93. The monoisotopic (exact) mass is 238 g/mol. The van der Waals surface area contributed by atoms with Crippen LogP contribution < -0.4 is 10.2 Å². The number of hydrogen-bond acceptors (Lipinski definition) is 5. The number of alkyl halides is 3. The van der Waals surface area contributed by atoms with Gasteiger partial charge in [0.15, 0.2) is 0 Å². The number of hydrogen-bond donors (Lipinski definition) is 1. The van der Waals surface area contributed by atoms with Crippen molar-refractivity contribution in [1.29, 1.82) is 0 Å². The summed E-state index contributed by atoms with van der Waals surface area (Å²) in [4.78, 5) is 1.67. The van der Waals surface area contributed by atoms with Crippen LogP contribution in [0, 0.1) is 0 Å². The zero-order valence-corrected chi connectivity index (χ0v) is 8.53. The van der Waals surface area contributed by atoms with E-state index < -0.39 is 11.9 Å². The third kappa shape index (κ3) is 2.20. The Hall–Kier alpha value is -0.890. The van der Waals surface area contributed by atoms with E-state index in [4.69, 9.17) is 0 Å². The predicted octanol–water partition coefficient (Wildman–Crippen LogP) is 0.966. The Morgan fingerprint density at radius 3 is 2.53 bits per heavy atom. The third-order valence-corrected chi connectivity index (χ3v) is 2.93. The molecule has 0 amide bonds. The largest absolute Gasteiger partial charge is 0.438 e. The first-order valence-electron chi connectivity index (χ1n) is 4.44. The SMILES string of the molecule is FC(F)(F)c1nnsc1N1CCNCC1. The average Bonchev–Trinajstić information content (AvgIpc) is 2.67. The fourth-order valence-corrected chi connectivity index (χ4v) is 2.18. The summed E-state index contributed by atoms with van der Waals surface area (Å²) in [5, 5.41) is 6.35. The van der Waals surface area contributed by atoms with Crippen molar-refractivity contribution in [3.8, 4) is 0 Å². The lowest BCUT2D eigenvalue weighted by Gasteiger charge is -2.28. The Balaban J connectivity index is 2.24. The fourth-order valence-electron chi connectivity index (χ4n) is 1.44. The maximum atomic E-state index is 12.5. The van der Waals surface area contributed by atoms with Gasteiger partial charge in [0, 0.05) is 37.7 Å².